The van der Waals surface area contributed by atoms with Gasteiger partial charge in [0.25, 0.3) is 5.91 Å². The van der Waals surface area contributed by atoms with Crippen molar-refractivity contribution in [3.8, 4) is 11.3 Å². The number of hydrogen-bond acceptors (Lipinski definition) is 3. The molecule has 0 bridgehead atoms. The van der Waals surface area contributed by atoms with Gasteiger partial charge in [-0.1, -0.05) is 30.3 Å². The van der Waals surface area contributed by atoms with E-state index in [2.05, 4.69) is 0 Å². The van der Waals surface area contributed by atoms with E-state index in [1.54, 1.807) is 6.26 Å². The standard InChI is InChI=1S/C19H20N2O3/c1-13-12-24-18(14-5-3-2-4-6-14)17(13)19(23)20-9-10-21-15(11-20)7-8-16(21)22/h2-6,12,15H,7-11H2,1H3. The molecular formula is C19H20N2O3. The van der Waals surface area contributed by atoms with Crippen LogP contribution in [0.25, 0.3) is 11.3 Å². The van der Waals surface area contributed by atoms with E-state index in [1.807, 2.05) is 47.1 Å². The Kier molecular flexibility index (Phi) is 3.63. The number of furan rings is 1. The molecule has 4 rings (SSSR count). The minimum atomic E-state index is -0.000831. The second kappa shape index (κ2) is 5.82. The molecule has 2 aliphatic rings. The molecule has 0 saturated carbocycles. The first-order valence-electron chi connectivity index (χ1n) is 8.37. The first-order chi connectivity index (χ1) is 11.6. The number of aryl methyl sites for hydroxylation is 1. The highest BCUT2D eigenvalue weighted by atomic mass is 16.3. The van der Waals surface area contributed by atoms with Gasteiger partial charge in [0, 0.05) is 43.2 Å². The van der Waals surface area contributed by atoms with Gasteiger partial charge in [0.05, 0.1) is 11.8 Å². The molecule has 3 heterocycles. The van der Waals surface area contributed by atoms with Crippen LogP contribution in [-0.4, -0.2) is 47.3 Å². The average molecular weight is 324 g/mol. The molecule has 124 valence electrons. The highest BCUT2D eigenvalue weighted by Crippen LogP contribution is 2.30. The lowest BCUT2D eigenvalue weighted by Gasteiger charge is -2.37. The number of carbonyl (C=O) groups is 2. The lowest BCUT2D eigenvalue weighted by Crippen LogP contribution is -2.53. The summed E-state index contributed by atoms with van der Waals surface area (Å²) in [5.74, 6) is 0.846. The lowest BCUT2D eigenvalue weighted by molar-refractivity contribution is -0.130. The van der Waals surface area contributed by atoms with E-state index in [1.165, 1.54) is 0 Å². The Morgan fingerprint density at radius 1 is 1.21 bits per heavy atom. The molecule has 1 atom stereocenters. The van der Waals surface area contributed by atoms with E-state index in [4.69, 9.17) is 4.42 Å². The maximum absolute atomic E-state index is 13.1. The number of benzene rings is 1. The maximum atomic E-state index is 13.1. The van der Waals surface area contributed by atoms with Gasteiger partial charge in [-0.25, -0.2) is 0 Å². The summed E-state index contributed by atoms with van der Waals surface area (Å²) >= 11 is 0. The van der Waals surface area contributed by atoms with Gasteiger partial charge in [-0.15, -0.1) is 0 Å². The SMILES string of the molecule is Cc1coc(-c2ccccc2)c1C(=O)N1CCN2C(=O)CCC2C1. The largest absolute Gasteiger partial charge is 0.463 e. The fourth-order valence-electron chi connectivity index (χ4n) is 3.72. The average Bonchev–Trinajstić information content (AvgIpc) is 3.18. The molecule has 1 aromatic carbocycles. The Morgan fingerprint density at radius 2 is 2.00 bits per heavy atom. The number of fused-ring (bicyclic) bond motifs is 1. The third-order valence-electron chi connectivity index (χ3n) is 5.01. The van der Waals surface area contributed by atoms with Crippen molar-refractivity contribution < 1.29 is 14.0 Å². The van der Waals surface area contributed by atoms with Crippen LogP contribution in [0.3, 0.4) is 0 Å². The van der Waals surface area contributed by atoms with Crippen molar-refractivity contribution in [2.45, 2.75) is 25.8 Å². The molecular weight excluding hydrogens is 304 g/mol. The third kappa shape index (κ3) is 2.40. The zero-order valence-corrected chi connectivity index (χ0v) is 13.7. The van der Waals surface area contributed by atoms with E-state index in [-0.39, 0.29) is 17.9 Å². The van der Waals surface area contributed by atoms with Crippen molar-refractivity contribution in [1.29, 1.82) is 0 Å². The van der Waals surface area contributed by atoms with E-state index >= 15 is 0 Å². The first kappa shape index (κ1) is 15.0. The van der Waals surface area contributed by atoms with Crippen molar-refractivity contribution in [2.24, 2.45) is 0 Å². The third-order valence-corrected chi connectivity index (χ3v) is 5.01. The number of nitrogens with zero attached hydrogens (tertiary/aromatic N) is 2. The van der Waals surface area contributed by atoms with Crippen LogP contribution < -0.4 is 0 Å². The predicted molar refractivity (Wildman–Crippen MR) is 89.5 cm³/mol. The minimum Gasteiger partial charge on any atom is -0.463 e. The summed E-state index contributed by atoms with van der Waals surface area (Å²) in [7, 11) is 0. The summed E-state index contributed by atoms with van der Waals surface area (Å²) in [6, 6.07) is 9.87. The molecule has 1 unspecified atom stereocenters. The highest BCUT2D eigenvalue weighted by molar-refractivity contribution is 6.01. The van der Waals surface area contributed by atoms with Crippen LogP contribution in [0.4, 0.5) is 0 Å². The van der Waals surface area contributed by atoms with Crippen LogP contribution in [-0.2, 0) is 4.79 Å². The van der Waals surface area contributed by atoms with Gasteiger partial charge in [-0.2, -0.15) is 0 Å². The molecule has 24 heavy (non-hydrogen) atoms. The molecule has 2 aromatic rings. The van der Waals surface area contributed by atoms with Crippen LogP contribution in [0.15, 0.2) is 41.0 Å². The van der Waals surface area contributed by atoms with Gasteiger partial charge in [0.15, 0.2) is 0 Å². The zero-order valence-electron chi connectivity index (χ0n) is 13.7. The molecule has 2 fully saturated rings. The Balaban J connectivity index is 1.62. The van der Waals surface area contributed by atoms with E-state index in [0.29, 0.717) is 37.4 Å². The van der Waals surface area contributed by atoms with Crippen molar-refractivity contribution in [3.63, 3.8) is 0 Å². The van der Waals surface area contributed by atoms with Gasteiger partial charge >= 0.3 is 0 Å². The van der Waals surface area contributed by atoms with E-state index in [0.717, 1.165) is 17.5 Å². The van der Waals surface area contributed by atoms with E-state index in [9.17, 15) is 9.59 Å². The number of piperazine rings is 1. The van der Waals surface area contributed by atoms with Gasteiger partial charge in [-0.05, 0) is 13.3 Å². The summed E-state index contributed by atoms with van der Waals surface area (Å²) in [4.78, 5) is 28.7. The van der Waals surface area contributed by atoms with Crippen LogP contribution >= 0.6 is 0 Å². The van der Waals surface area contributed by atoms with Crippen LogP contribution in [0.1, 0.15) is 28.8 Å². The number of hydrogen-bond donors (Lipinski definition) is 0. The quantitative estimate of drug-likeness (QED) is 0.853. The molecule has 0 spiro atoms. The summed E-state index contributed by atoms with van der Waals surface area (Å²) < 4.78 is 5.69. The normalized spacial score (nSPS) is 20.4. The van der Waals surface area contributed by atoms with Gasteiger partial charge in [-0.3, -0.25) is 9.59 Å². The monoisotopic (exact) mass is 324 g/mol. The summed E-state index contributed by atoms with van der Waals surface area (Å²) in [6.45, 7) is 3.73. The second-order valence-electron chi connectivity index (χ2n) is 6.52. The topological polar surface area (TPSA) is 53.8 Å². The first-order valence-corrected chi connectivity index (χ1v) is 8.37. The molecule has 5 heteroatoms. The van der Waals surface area contributed by atoms with Gasteiger partial charge < -0.3 is 14.2 Å². The summed E-state index contributed by atoms with van der Waals surface area (Å²) in [5, 5.41) is 0. The lowest BCUT2D eigenvalue weighted by atomic mass is 10.0. The van der Waals surface area contributed by atoms with Crippen LogP contribution in [0, 0.1) is 6.92 Å². The summed E-state index contributed by atoms with van der Waals surface area (Å²) in [5.41, 5.74) is 2.39. The second-order valence-corrected chi connectivity index (χ2v) is 6.52. The molecule has 2 aliphatic heterocycles. The fraction of sp³-hybridized carbons (Fsp3) is 0.368. The number of rotatable bonds is 2. The molecule has 0 N–H and O–H groups in total. The van der Waals surface area contributed by atoms with Crippen molar-refractivity contribution in [2.75, 3.05) is 19.6 Å². The molecule has 0 aliphatic carbocycles. The maximum Gasteiger partial charge on any atom is 0.258 e. The predicted octanol–water partition coefficient (Wildman–Crippen LogP) is 2.70. The molecule has 5 nitrogen and oxygen atoms in total. The summed E-state index contributed by atoms with van der Waals surface area (Å²) in [6.07, 6.45) is 3.09. The Hall–Kier alpha value is -2.56. The Labute approximate surface area is 140 Å². The highest BCUT2D eigenvalue weighted by Gasteiger charge is 2.38. The minimum absolute atomic E-state index is 0.000831. The van der Waals surface area contributed by atoms with Crippen molar-refractivity contribution in [1.82, 2.24) is 9.80 Å². The Bertz CT molecular complexity index is 781. The van der Waals surface area contributed by atoms with Crippen LogP contribution in [0.5, 0.6) is 0 Å². The number of amides is 2. The number of carbonyl (C=O) groups excluding carboxylic acids is 2. The van der Waals surface area contributed by atoms with Crippen LogP contribution in [0.2, 0.25) is 0 Å². The van der Waals surface area contributed by atoms with E-state index < -0.39 is 0 Å². The molecule has 0 radical (unpaired) electrons. The molecule has 1 aromatic heterocycles. The van der Waals surface area contributed by atoms with Gasteiger partial charge in [0.2, 0.25) is 5.91 Å². The molecule has 2 amide bonds. The zero-order chi connectivity index (χ0) is 16.7. The van der Waals surface area contributed by atoms with Crippen molar-refractivity contribution in [3.05, 3.63) is 47.7 Å². The Morgan fingerprint density at radius 3 is 2.79 bits per heavy atom. The molecule has 2 saturated heterocycles. The van der Waals surface area contributed by atoms with Gasteiger partial charge in [0.1, 0.15) is 5.76 Å². The smallest absolute Gasteiger partial charge is 0.258 e. The van der Waals surface area contributed by atoms with Crippen molar-refractivity contribution >= 4 is 11.8 Å². The fourth-order valence-corrected chi connectivity index (χ4v) is 3.72.